The number of methoxy groups -OCH3 is 1. The van der Waals surface area contributed by atoms with E-state index in [-0.39, 0.29) is 42.8 Å². The standard InChI is InChI=1S/C16H24N2O3S.ClH/c1-11(17)4-9-15(19)18-14(10-16(20)21-2)12-5-7-13(22-3)8-6-12;/h5-8,11,14H,4,9-10,17H2,1-3H3,(H,18,19);1H. The molecule has 1 aromatic rings. The van der Waals surface area contributed by atoms with E-state index in [1.54, 1.807) is 11.8 Å². The fraction of sp³-hybridized carbons (Fsp3) is 0.500. The summed E-state index contributed by atoms with van der Waals surface area (Å²) in [4.78, 5) is 24.7. The van der Waals surface area contributed by atoms with Gasteiger partial charge in [-0.05, 0) is 37.3 Å². The highest BCUT2D eigenvalue weighted by atomic mass is 35.5. The Balaban J connectivity index is 0.00000484. The van der Waals surface area contributed by atoms with E-state index >= 15 is 0 Å². The molecule has 23 heavy (non-hydrogen) atoms. The Kier molecular flexibility index (Phi) is 10.7. The number of rotatable bonds is 8. The van der Waals surface area contributed by atoms with Gasteiger partial charge in [-0.15, -0.1) is 24.2 Å². The first kappa shape index (κ1) is 21.8. The molecule has 0 fully saturated rings. The minimum atomic E-state index is -0.385. The lowest BCUT2D eigenvalue weighted by molar-refractivity contribution is -0.141. The summed E-state index contributed by atoms with van der Waals surface area (Å²) in [6.45, 7) is 1.86. The van der Waals surface area contributed by atoms with Crippen molar-refractivity contribution in [3.05, 3.63) is 29.8 Å². The minimum Gasteiger partial charge on any atom is -0.469 e. The van der Waals surface area contributed by atoms with Gasteiger partial charge in [-0.3, -0.25) is 9.59 Å². The Morgan fingerprint density at radius 3 is 2.39 bits per heavy atom. The van der Waals surface area contributed by atoms with E-state index in [9.17, 15) is 9.59 Å². The molecule has 2 unspecified atom stereocenters. The molecule has 1 rings (SSSR count). The maximum Gasteiger partial charge on any atom is 0.307 e. The van der Waals surface area contributed by atoms with E-state index in [0.717, 1.165) is 10.5 Å². The van der Waals surface area contributed by atoms with Crippen LogP contribution in [0.2, 0.25) is 0 Å². The van der Waals surface area contributed by atoms with Crippen molar-refractivity contribution < 1.29 is 14.3 Å². The van der Waals surface area contributed by atoms with Gasteiger partial charge in [-0.1, -0.05) is 12.1 Å². The van der Waals surface area contributed by atoms with Crippen LogP contribution in [0, 0.1) is 0 Å². The molecule has 1 amide bonds. The Hall–Kier alpha value is -1.24. The van der Waals surface area contributed by atoms with Crippen molar-refractivity contribution in [1.82, 2.24) is 5.32 Å². The molecule has 0 aromatic heterocycles. The maximum absolute atomic E-state index is 12.0. The number of halogens is 1. The summed E-state index contributed by atoms with van der Waals surface area (Å²) < 4.78 is 4.71. The number of carbonyl (C=O) groups excluding carboxylic acids is 2. The first-order chi connectivity index (χ1) is 10.5. The fourth-order valence-electron chi connectivity index (χ4n) is 1.96. The SMILES string of the molecule is COC(=O)CC(NC(=O)CCC(C)N)c1ccc(SC)cc1.Cl. The van der Waals surface area contributed by atoms with Gasteiger partial charge in [0, 0.05) is 17.4 Å². The summed E-state index contributed by atoms with van der Waals surface area (Å²) in [6, 6.07) is 7.38. The van der Waals surface area contributed by atoms with Gasteiger partial charge in [0.1, 0.15) is 0 Å². The lowest BCUT2D eigenvalue weighted by Crippen LogP contribution is -2.31. The lowest BCUT2D eigenvalue weighted by atomic mass is 10.0. The van der Waals surface area contributed by atoms with Gasteiger partial charge < -0.3 is 15.8 Å². The van der Waals surface area contributed by atoms with Crippen molar-refractivity contribution in [3.63, 3.8) is 0 Å². The van der Waals surface area contributed by atoms with Gasteiger partial charge in [0.15, 0.2) is 0 Å². The number of esters is 1. The molecule has 2 atom stereocenters. The van der Waals surface area contributed by atoms with Crippen molar-refractivity contribution in [2.75, 3.05) is 13.4 Å². The molecule has 3 N–H and O–H groups in total. The predicted octanol–water partition coefficient (Wildman–Crippen LogP) is 2.68. The van der Waals surface area contributed by atoms with Crippen LogP contribution in [0.25, 0.3) is 0 Å². The van der Waals surface area contributed by atoms with Crippen molar-refractivity contribution in [1.29, 1.82) is 0 Å². The van der Waals surface area contributed by atoms with E-state index in [2.05, 4.69) is 5.32 Å². The number of hydrogen-bond acceptors (Lipinski definition) is 5. The predicted molar refractivity (Wildman–Crippen MR) is 95.9 cm³/mol. The molecule has 7 heteroatoms. The normalized spacial score (nSPS) is 12.7. The number of carbonyl (C=O) groups is 2. The quantitative estimate of drug-likeness (QED) is 0.550. The van der Waals surface area contributed by atoms with Crippen LogP contribution in [0.5, 0.6) is 0 Å². The van der Waals surface area contributed by atoms with Crippen molar-refractivity contribution in [2.24, 2.45) is 5.73 Å². The van der Waals surface area contributed by atoms with Crippen LogP contribution in [0.1, 0.15) is 37.8 Å². The van der Waals surface area contributed by atoms with Crippen LogP contribution in [-0.2, 0) is 14.3 Å². The minimum absolute atomic E-state index is 0. The number of thioether (sulfide) groups is 1. The molecule has 0 aliphatic heterocycles. The largest absolute Gasteiger partial charge is 0.469 e. The molecule has 1 aromatic carbocycles. The number of hydrogen-bond donors (Lipinski definition) is 2. The number of nitrogens with two attached hydrogens (primary N) is 1. The molecule has 130 valence electrons. The summed E-state index contributed by atoms with van der Waals surface area (Å²) in [6.07, 6.45) is 3.07. The smallest absolute Gasteiger partial charge is 0.307 e. The van der Waals surface area contributed by atoms with Gasteiger partial charge in [0.25, 0.3) is 0 Å². The highest BCUT2D eigenvalue weighted by Gasteiger charge is 2.19. The molecule has 5 nitrogen and oxygen atoms in total. The first-order valence-corrected chi connectivity index (χ1v) is 8.44. The van der Waals surface area contributed by atoms with Crippen molar-refractivity contribution >= 4 is 36.0 Å². The van der Waals surface area contributed by atoms with Gasteiger partial charge in [0.2, 0.25) is 5.91 Å². The zero-order chi connectivity index (χ0) is 16.5. The summed E-state index contributed by atoms with van der Waals surface area (Å²) in [5.74, 6) is -0.466. The second-order valence-electron chi connectivity index (χ2n) is 5.19. The number of amides is 1. The molecule has 0 aliphatic rings. The van der Waals surface area contributed by atoms with Crippen LogP contribution in [0.3, 0.4) is 0 Å². The second kappa shape index (κ2) is 11.3. The van der Waals surface area contributed by atoms with Gasteiger partial charge in [-0.2, -0.15) is 0 Å². The molecule has 0 saturated carbocycles. The van der Waals surface area contributed by atoms with Crippen LogP contribution in [-0.4, -0.2) is 31.3 Å². The highest BCUT2D eigenvalue weighted by molar-refractivity contribution is 7.98. The zero-order valence-corrected chi connectivity index (χ0v) is 15.3. The van der Waals surface area contributed by atoms with Gasteiger partial charge in [-0.25, -0.2) is 0 Å². The Bertz CT molecular complexity index is 495. The molecular formula is C16H25ClN2O3S. The first-order valence-electron chi connectivity index (χ1n) is 7.22. The Morgan fingerprint density at radius 2 is 1.91 bits per heavy atom. The van der Waals surface area contributed by atoms with Crippen molar-refractivity contribution in [3.8, 4) is 0 Å². The molecule has 0 bridgehead atoms. The van der Waals surface area contributed by atoms with E-state index in [1.807, 2.05) is 37.4 Å². The monoisotopic (exact) mass is 360 g/mol. The van der Waals surface area contributed by atoms with Gasteiger partial charge in [0.05, 0.1) is 19.6 Å². The van der Waals surface area contributed by atoms with Crippen LogP contribution in [0.4, 0.5) is 0 Å². The zero-order valence-electron chi connectivity index (χ0n) is 13.7. The number of nitrogens with one attached hydrogen (secondary N) is 1. The second-order valence-corrected chi connectivity index (χ2v) is 6.07. The van der Waals surface area contributed by atoms with Crippen molar-refractivity contribution in [2.45, 2.75) is 43.2 Å². The van der Waals surface area contributed by atoms with Gasteiger partial charge >= 0.3 is 5.97 Å². The van der Waals surface area contributed by atoms with E-state index in [1.165, 1.54) is 7.11 Å². The molecule has 0 heterocycles. The van der Waals surface area contributed by atoms with E-state index in [0.29, 0.717) is 12.8 Å². The van der Waals surface area contributed by atoms with E-state index < -0.39 is 0 Å². The third-order valence-electron chi connectivity index (χ3n) is 3.28. The molecule has 0 spiro atoms. The summed E-state index contributed by atoms with van der Waals surface area (Å²) >= 11 is 1.64. The highest BCUT2D eigenvalue weighted by Crippen LogP contribution is 2.22. The third kappa shape index (κ3) is 8.25. The molecule has 0 saturated heterocycles. The Morgan fingerprint density at radius 1 is 1.30 bits per heavy atom. The number of ether oxygens (including phenoxy) is 1. The average molecular weight is 361 g/mol. The van der Waals surface area contributed by atoms with Crippen LogP contribution >= 0.6 is 24.2 Å². The number of benzene rings is 1. The Labute approximate surface area is 148 Å². The fourth-order valence-corrected chi connectivity index (χ4v) is 2.37. The van der Waals surface area contributed by atoms with Crippen LogP contribution < -0.4 is 11.1 Å². The third-order valence-corrected chi connectivity index (χ3v) is 4.02. The molecular weight excluding hydrogens is 336 g/mol. The molecule has 0 aliphatic carbocycles. The summed E-state index contributed by atoms with van der Waals surface area (Å²) in [5, 5.41) is 2.89. The molecule has 0 radical (unpaired) electrons. The lowest BCUT2D eigenvalue weighted by Gasteiger charge is -2.19. The average Bonchev–Trinajstić information content (AvgIpc) is 2.52. The summed E-state index contributed by atoms with van der Waals surface area (Å²) in [7, 11) is 1.34. The van der Waals surface area contributed by atoms with E-state index in [4.69, 9.17) is 10.5 Å². The maximum atomic E-state index is 12.0. The van der Waals surface area contributed by atoms with Crippen LogP contribution in [0.15, 0.2) is 29.2 Å². The summed E-state index contributed by atoms with van der Waals surface area (Å²) in [5.41, 5.74) is 6.55. The topological polar surface area (TPSA) is 81.4 Å².